The maximum atomic E-state index is 4.36. The molecule has 1 aromatic heterocycles. The Labute approximate surface area is 91.9 Å². The van der Waals surface area contributed by atoms with Crippen LogP contribution in [0.2, 0.25) is 0 Å². The Kier molecular flexibility index (Phi) is 3.41. The third kappa shape index (κ3) is 2.59. The van der Waals surface area contributed by atoms with E-state index in [1.54, 1.807) is 0 Å². The maximum absolute atomic E-state index is 4.36. The zero-order chi connectivity index (χ0) is 10.7. The number of aryl methyl sites for hydroxylation is 1. The summed E-state index contributed by atoms with van der Waals surface area (Å²) in [6.07, 6.45) is 9.51. The summed E-state index contributed by atoms with van der Waals surface area (Å²) in [6.45, 7) is 3.34. The lowest BCUT2D eigenvalue weighted by Crippen LogP contribution is -2.26. The molecule has 0 saturated heterocycles. The standard InChI is InChI=1S/C12H21N3/c1-10(12-13-7-8-15(12)2)14-9-11-5-3-4-6-11/h7-8,10-11,14H,3-6,9H2,1-2H3. The fourth-order valence-electron chi connectivity index (χ4n) is 2.44. The third-order valence-electron chi connectivity index (χ3n) is 3.43. The number of imidazole rings is 1. The van der Waals surface area contributed by atoms with Crippen molar-refractivity contribution in [2.45, 2.75) is 38.6 Å². The summed E-state index contributed by atoms with van der Waals surface area (Å²) < 4.78 is 2.09. The fraction of sp³-hybridized carbons (Fsp3) is 0.750. The number of hydrogen-bond acceptors (Lipinski definition) is 2. The average Bonchev–Trinajstić information content (AvgIpc) is 2.84. The minimum atomic E-state index is 0.366. The largest absolute Gasteiger partial charge is 0.337 e. The molecule has 1 unspecified atom stereocenters. The molecule has 84 valence electrons. The van der Waals surface area contributed by atoms with Crippen molar-refractivity contribution in [1.29, 1.82) is 0 Å². The van der Waals surface area contributed by atoms with Gasteiger partial charge in [-0.3, -0.25) is 0 Å². The van der Waals surface area contributed by atoms with Crippen molar-refractivity contribution in [3.63, 3.8) is 0 Å². The van der Waals surface area contributed by atoms with Gasteiger partial charge in [-0.05, 0) is 32.2 Å². The molecular formula is C12H21N3. The number of hydrogen-bond donors (Lipinski definition) is 1. The van der Waals surface area contributed by atoms with Gasteiger partial charge in [0.05, 0.1) is 6.04 Å². The van der Waals surface area contributed by atoms with Crippen LogP contribution >= 0.6 is 0 Å². The summed E-state index contributed by atoms with van der Waals surface area (Å²) in [6, 6.07) is 0.366. The molecule has 0 amide bonds. The summed E-state index contributed by atoms with van der Waals surface area (Å²) in [5.74, 6) is 2.03. The van der Waals surface area contributed by atoms with E-state index in [9.17, 15) is 0 Å². The monoisotopic (exact) mass is 207 g/mol. The Balaban J connectivity index is 1.81. The van der Waals surface area contributed by atoms with Crippen molar-refractivity contribution >= 4 is 0 Å². The Morgan fingerprint density at radius 3 is 2.87 bits per heavy atom. The van der Waals surface area contributed by atoms with E-state index in [0.717, 1.165) is 18.3 Å². The first-order valence-electron chi connectivity index (χ1n) is 5.98. The maximum Gasteiger partial charge on any atom is 0.125 e. The highest BCUT2D eigenvalue weighted by atomic mass is 15.1. The topological polar surface area (TPSA) is 29.9 Å². The molecule has 0 radical (unpaired) electrons. The fourth-order valence-corrected chi connectivity index (χ4v) is 2.44. The van der Waals surface area contributed by atoms with Gasteiger partial charge in [0.25, 0.3) is 0 Å². The highest BCUT2D eigenvalue weighted by molar-refractivity contribution is 4.97. The summed E-state index contributed by atoms with van der Waals surface area (Å²) >= 11 is 0. The molecule has 1 N–H and O–H groups in total. The lowest BCUT2D eigenvalue weighted by Gasteiger charge is -2.16. The second kappa shape index (κ2) is 4.79. The van der Waals surface area contributed by atoms with Gasteiger partial charge < -0.3 is 9.88 Å². The van der Waals surface area contributed by atoms with E-state index < -0.39 is 0 Å². The predicted octanol–water partition coefficient (Wildman–Crippen LogP) is 2.26. The molecule has 3 nitrogen and oxygen atoms in total. The van der Waals surface area contributed by atoms with Crippen molar-refractivity contribution in [1.82, 2.24) is 14.9 Å². The number of aromatic nitrogens is 2. The van der Waals surface area contributed by atoms with Gasteiger partial charge in [-0.1, -0.05) is 12.8 Å². The zero-order valence-electron chi connectivity index (χ0n) is 9.74. The second-order valence-electron chi connectivity index (χ2n) is 4.68. The van der Waals surface area contributed by atoms with E-state index in [0.29, 0.717) is 6.04 Å². The average molecular weight is 207 g/mol. The van der Waals surface area contributed by atoms with Gasteiger partial charge in [0.2, 0.25) is 0 Å². The molecular weight excluding hydrogens is 186 g/mol. The van der Waals surface area contributed by atoms with E-state index in [-0.39, 0.29) is 0 Å². The lowest BCUT2D eigenvalue weighted by atomic mass is 10.1. The summed E-state index contributed by atoms with van der Waals surface area (Å²) in [4.78, 5) is 4.36. The molecule has 15 heavy (non-hydrogen) atoms. The van der Waals surface area contributed by atoms with Gasteiger partial charge in [-0.25, -0.2) is 4.98 Å². The Bertz CT molecular complexity index is 300. The molecule has 0 aromatic carbocycles. The number of nitrogens with zero attached hydrogens (tertiary/aromatic N) is 2. The SMILES string of the molecule is CC(NCC1CCCC1)c1nccn1C. The quantitative estimate of drug-likeness (QED) is 0.820. The Morgan fingerprint density at radius 1 is 1.53 bits per heavy atom. The van der Waals surface area contributed by atoms with Crippen LogP contribution in [0.4, 0.5) is 0 Å². The van der Waals surface area contributed by atoms with E-state index in [1.165, 1.54) is 25.7 Å². The summed E-state index contributed by atoms with van der Waals surface area (Å²) in [5.41, 5.74) is 0. The van der Waals surface area contributed by atoms with Gasteiger partial charge in [0.15, 0.2) is 0 Å². The van der Waals surface area contributed by atoms with Crippen LogP contribution in [0.1, 0.15) is 44.5 Å². The van der Waals surface area contributed by atoms with Crippen LogP contribution in [0.25, 0.3) is 0 Å². The highest BCUT2D eigenvalue weighted by Crippen LogP contribution is 2.24. The molecule has 0 aliphatic heterocycles. The first-order chi connectivity index (χ1) is 7.27. The molecule has 1 aliphatic rings. The zero-order valence-corrected chi connectivity index (χ0v) is 9.74. The Morgan fingerprint density at radius 2 is 2.27 bits per heavy atom. The van der Waals surface area contributed by atoms with E-state index >= 15 is 0 Å². The van der Waals surface area contributed by atoms with Crippen LogP contribution in [-0.2, 0) is 7.05 Å². The van der Waals surface area contributed by atoms with Gasteiger partial charge in [-0.2, -0.15) is 0 Å². The molecule has 0 bridgehead atoms. The van der Waals surface area contributed by atoms with Crippen LogP contribution in [-0.4, -0.2) is 16.1 Å². The molecule has 1 heterocycles. The lowest BCUT2D eigenvalue weighted by molar-refractivity contribution is 0.438. The van der Waals surface area contributed by atoms with Crippen LogP contribution in [0.5, 0.6) is 0 Å². The van der Waals surface area contributed by atoms with E-state index in [1.807, 2.05) is 12.4 Å². The van der Waals surface area contributed by atoms with Crippen LogP contribution < -0.4 is 5.32 Å². The molecule has 3 heteroatoms. The number of nitrogens with one attached hydrogen (secondary N) is 1. The van der Waals surface area contributed by atoms with Crippen molar-refractivity contribution in [3.8, 4) is 0 Å². The summed E-state index contributed by atoms with van der Waals surface area (Å²) in [7, 11) is 2.05. The third-order valence-corrected chi connectivity index (χ3v) is 3.43. The van der Waals surface area contributed by atoms with Crippen molar-refractivity contribution < 1.29 is 0 Å². The van der Waals surface area contributed by atoms with Crippen LogP contribution in [0.15, 0.2) is 12.4 Å². The van der Waals surface area contributed by atoms with E-state index in [2.05, 4.69) is 28.8 Å². The van der Waals surface area contributed by atoms with Crippen molar-refractivity contribution in [2.24, 2.45) is 13.0 Å². The molecule has 1 fully saturated rings. The van der Waals surface area contributed by atoms with Crippen molar-refractivity contribution in [2.75, 3.05) is 6.54 Å². The van der Waals surface area contributed by atoms with Crippen molar-refractivity contribution in [3.05, 3.63) is 18.2 Å². The normalized spacial score (nSPS) is 19.6. The highest BCUT2D eigenvalue weighted by Gasteiger charge is 2.16. The molecule has 0 spiro atoms. The Hall–Kier alpha value is -0.830. The van der Waals surface area contributed by atoms with Crippen LogP contribution in [0.3, 0.4) is 0 Å². The van der Waals surface area contributed by atoms with Gasteiger partial charge in [-0.15, -0.1) is 0 Å². The van der Waals surface area contributed by atoms with E-state index in [4.69, 9.17) is 0 Å². The summed E-state index contributed by atoms with van der Waals surface area (Å²) in [5, 5.41) is 3.58. The second-order valence-corrected chi connectivity index (χ2v) is 4.68. The molecule has 1 aromatic rings. The molecule has 1 atom stereocenters. The minimum Gasteiger partial charge on any atom is -0.337 e. The van der Waals surface area contributed by atoms with Gasteiger partial charge in [0, 0.05) is 19.4 Å². The minimum absolute atomic E-state index is 0.366. The smallest absolute Gasteiger partial charge is 0.125 e. The predicted molar refractivity (Wildman–Crippen MR) is 61.6 cm³/mol. The van der Waals surface area contributed by atoms with Gasteiger partial charge in [0.1, 0.15) is 5.82 Å². The first kappa shape index (κ1) is 10.7. The molecule has 1 saturated carbocycles. The molecule has 1 aliphatic carbocycles. The number of rotatable bonds is 4. The van der Waals surface area contributed by atoms with Crippen LogP contribution in [0, 0.1) is 5.92 Å². The first-order valence-corrected chi connectivity index (χ1v) is 5.98. The van der Waals surface area contributed by atoms with Gasteiger partial charge >= 0.3 is 0 Å². The molecule has 2 rings (SSSR count).